The minimum Gasteiger partial charge on any atom is -0.480 e. The van der Waals surface area contributed by atoms with Crippen molar-refractivity contribution in [3.05, 3.63) is 12.4 Å². The quantitative estimate of drug-likeness (QED) is 0.649. The highest BCUT2D eigenvalue weighted by Crippen LogP contribution is 2.06. The molecule has 54 valence electrons. The molecule has 1 heterocycles. The third-order valence-corrected chi connectivity index (χ3v) is 1.08. The zero-order valence-electron chi connectivity index (χ0n) is 5.96. The van der Waals surface area contributed by atoms with Gasteiger partial charge in [-0.3, -0.25) is 4.98 Å². The topological polar surface area (TPSA) is 47.0 Å². The Kier molecular flexibility index (Phi) is 2.04. The molecule has 0 bridgehead atoms. The maximum absolute atomic E-state index is 4.84. The van der Waals surface area contributed by atoms with Crippen LogP contribution >= 0.6 is 0 Å². The Morgan fingerprint density at radius 1 is 1.50 bits per heavy atom. The molecular weight excluding hydrogens is 130 g/mol. The lowest BCUT2D eigenvalue weighted by Gasteiger charge is -1.99. The summed E-state index contributed by atoms with van der Waals surface area (Å²) in [5, 5.41) is 2.85. The van der Waals surface area contributed by atoms with Crippen LogP contribution < -0.4 is 10.1 Å². The summed E-state index contributed by atoms with van der Waals surface area (Å²) in [7, 11) is 3.34. The van der Waals surface area contributed by atoms with Gasteiger partial charge in [0.25, 0.3) is 0 Å². The molecular formula is C6H9N3O. The summed E-state index contributed by atoms with van der Waals surface area (Å²) in [6.45, 7) is 0. The van der Waals surface area contributed by atoms with Crippen molar-refractivity contribution in [1.82, 2.24) is 9.97 Å². The molecule has 0 aromatic carbocycles. The van der Waals surface area contributed by atoms with Gasteiger partial charge in [0.2, 0.25) is 5.88 Å². The van der Waals surface area contributed by atoms with E-state index >= 15 is 0 Å². The molecule has 4 heteroatoms. The number of anilines is 1. The van der Waals surface area contributed by atoms with Gasteiger partial charge in [-0.15, -0.1) is 0 Å². The van der Waals surface area contributed by atoms with Gasteiger partial charge in [0.05, 0.1) is 19.5 Å². The zero-order chi connectivity index (χ0) is 7.40. The average molecular weight is 139 g/mol. The summed E-state index contributed by atoms with van der Waals surface area (Å²) in [6.07, 6.45) is 3.18. The standard InChI is InChI=1S/C6H9N3O/c1-7-5-3-8-4-6(9-5)10-2/h3-4H,1-2H3,(H,7,9). The molecule has 0 atom stereocenters. The van der Waals surface area contributed by atoms with Gasteiger partial charge in [-0.25, -0.2) is 0 Å². The van der Waals surface area contributed by atoms with Crippen molar-refractivity contribution in [3.8, 4) is 5.88 Å². The lowest BCUT2D eigenvalue weighted by atomic mass is 10.6. The molecule has 0 aliphatic carbocycles. The van der Waals surface area contributed by atoms with Crippen molar-refractivity contribution in [2.75, 3.05) is 19.5 Å². The SMILES string of the molecule is CNc1cncc(OC)n1. The van der Waals surface area contributed by atoms with Gasteiger partial charge in [-0.2, -0.15) is 4.98 Å². The third-order valence-electron chi connectivity index (χ3n) is 1.08. The largest absolute Gasteiger partial charge is 0.480 e. The highest BCUT2D eigenvalue weighted by molar-refractivity contribution is 5.31. The molecule has 0 amide bonds. The Hall–Kier alpha value is -1.32. The van der Waals surface area contributed by atoms with Crippen molar-refractivity contribution in [2.24, 2.45) is 0 Å². The van der Waals surface area contributed by atoms with Crippen LogP contribution in [0.15, 0.2) is 12.4 Å². The van der Waals surface area contributed by atoms with Crippen LogP contribution in [-0.4, -0.2) is 24.1 Å². The highest BCUT2D eigenvalue weighted by Gasteiger charge is 1.92. The molecule has 0 saturated carbocycles. The summed E-state index contributed by atoms with van der Waals surface area (Å²) in [6, 6.07) is 0. The Morgan fingerprint density at radius 2 is 2.30 bits per heavy atom. The van der Waals surface area contributed by atoms with Crippen LogP contribution in [0.4, 0.5) is 5.82 Å². The van der Waals surface area contributed by atoms with E-state index in [9.17, 15) is 0 Å². The fraction of sp³-hybridized carbons (Fsp3) is 0.333. The molecule has 1 rings (SSSR count). The molecule has 0 unspecified atom stereocenters. The van der Waals surface area contributed by atoms with E-state index < -0.39 is 0 Å². The second kappa shape index (κ2) is 3.00. The van der Waals surface area contributed by atoms with Crippen molar-refractivity contribution in [1.29, 1.82) is 0 Å². The summed E-state index contributed by atoms with van der Waals surface area (Å²) in [5.74, 6) is 1.23. The number of ether oxygens (including phenoxy) is 1. The molecule has 0 saturated heterocycles. The van der Waals surface area contributed by atoms with Crippen LogP contribution in [0.5, 0.6) is 5.88 Å². The fourth-order valence-electron chi connectivity index (χ4n) is 0.567. The predicted molar refractivity (Wildman–Crippen MR) is 38.1 cm³/mol. The van der Waals surface area contributed by atoms with Gasteiger partial charge in [-0.1, -0.05) is 0 Å². The van der Waals surface area contributed by atoms with E-state index in [4.69, 9.17) is 4.74 Å². The minimum atomic E-state index is 0.520. The first-order valence-corrected chi connectivity index (χ1v) is 2.90. The Balaban J connectivity index is 2.87. The number of nitrogens with zero attached hydrogens (tertiary/aromatic N) is 2. The monoisotopic (exact) mass is 139 g/mol. The first kappa shape index (κ1) is 6.80. The van der Waals surface area contributed by atoms with Crippen LogP contribution in [0.1, 0.15) is 0 Å². The molecule has 4 nitrogen and oxygen atoms in total. The Labute approximate surface area is 59.3 Å². The molecule has 0 fully saturated rings. The lowest BCUT2D eigenvalue weighted by Crippen LogP contribution is -1.95. The van der Waals surface area contributed by atoms with Crippen LogP contribution in [0, 0.1) is 0 Å². The molecule has 1 aromatic heterocycles. The van der Waals surface area contributed by atoms with Gasteiger partial charge in [0.15, 0.2) is 0 Å². The summed E-state index contributed by atoms with van der Waals surface area (Å²) in [4.78, 5) is 7.89. The van der Waals surface area contributed by atoms with E-state index in [0.717, 1.165) is 0 Å². The fourth-order valence-corrected chi connectivity index (χ4v) is 0.567. The van der Waals surface area contributed by atoms with Gasteiger partial charge >= 0.3 is 0 Å². The molecule has 10 heavy (non-hydrogen) atoms. The van der Waals surface area contributed by atoms with Crippen molar-refractivity contribution < 1.29 is 4.74 Å². The van der Waals surface area contributed by atoms with E-state index in [0.29, 0.717) is 11.7 Å². The van der Waals surface area contributed by atoms with Crippen molar-refractivity contribution in [2.45, 2.75) is 0 Å². The first-order valence-electron chi connectivity index (χ1n) is 2.90. The van der Waals surface area contributed by atoms with Crippen LogP contribution in [0.25, 0.3) is 0 Å². The van der Waals surface area contributed by atoms with E-state index in [2.05, 4.69) is 15.3 Å². The van der Waals surface area contributed by atoms with E-state index in [1.807, 2.05) is 0 Å². The molecule has 0 radical (unpaired) electrons. The number of hydrogen-bond acceptors (Lipinski definition) is 4. The van der Waals surface area contributed by atoms with E-state index in [1.54, 1.807) is 26.6 Å². The zero-order valence-corrected chi connectivity index (χ0v) is 5.96. The Morgan fingerprint density at radius 3 is 2.90 bits per heavy atom. The van der Waals surface area contributed by atoms with E-state index in [1.165, 1.54) is 0 Å². The highest BCUT2D eigenvalue weighted by atomic mass is 16.5. The average Bonchev–Trinajstić information content (AvgIpc) is 2.05. The molecule has 1 aromatic rings. The molecule has 0 spiro atoms. The van der Waals surface area contributed by atoms with Crippen LogP contribution in [0.2, 0.25) is 0 Å². The van der Waals surface area contributed by atoms with Crippen LogP contribution in [-0.2, 0) is 0 Å². The normalized spacial score (nSPS) is 9.00. The first-order chi connectivity index (χ1) is 4.86. The maximum atomic E-state index is 4.84. The summed E-state index contributed by atoms with van der Waals surface area (Å²) >= 11 is 0. The second-order valence-electron chi connectivity index (χ2n) is 1.70. The summed E-state index contributed by atoms with van der Waals surface area (Å²) in [5.41, 5.74) is 0. The number of hydrogen-bond donors (Lipinski definition) is 1. The van der Waals surface area contributed by atoms with Gasteiger partial charge in [-0.05, 0) is 0 Å². The molecule has 0 aliphatic rings. The van der Waals surface area contributed by atoms with Gasteiger partial charge in [0, 0.05) is 7.05 Å². The van der Waals surface area contributed by atoms with Crippen LogP contribution in [0.3, 0.4) is 0 Å². The molecule has 1 N–H and O–H groups in total. The minimum absolute atomic E-state index is 0.520. The number of aromatic nitrogens is 2. The number of methoxy groups -OCH3 is 1. The van der Waals surface area contributed by atoms with E-state index in [-0.39, 0.29) is 0 Å². The smallest absolute Gasteiger partial charge is 0.233 e. The van der Waals surface area contributed by atoms with Gasteiger partial charge < -0.3 is 10.1 Å². The molecule has 0 aliphatic heterocycles. The van der Waals surface area contributed by atoms with Gasteiger partial charge in [0.1, 0.15) is 5.82 Å². The maximum Gasteiger partial charge on any atom is 0.233 e. The Bertz CT molecular complexity index is 195. The lowest BCUT2D eigenvalue weighted by molar-refractivity contribution is 0.396. The van der Waals surface area contributed by atoms with Crippen molar-refractivity contribution in [3.63, 3.8) is 0 Å². The number of rotatable bonds is 2. The number of nitrogens with one attached hydrogen (secondary N) is 1. The van der Waals surface area contributed by atoms with Crippen molar-refractivity contribution >= 4 is 5.82 Å². The predicted octanol–water partition coefficient (Wildman–Crippen LogP) is 0.527. The third kappa shape index (κ3) is 1.34. The summed E-state index contributed by atoms with van der Waals surface area (Å²) < 4.78 is 4.84. The second-order valence-corrected chi connectivity index (χ2v) is 1.70.